The van der Waals surface area contributed by atoms with Crippen molar-refractivity contribution in [2.45, 2.75) is 13.8 Å². The number of benzene rings is 1. The highest BCUT2D eigenvalue weighted by Crippen LogP contribution is 2.16. The van der Waals surface area contributed by atoms with Crippen molar-refractivity contribution in [3.05, 3.63) is 34.2 Å². The minimum atomic E-state index is -0.484. The summed E-state index contributed by atoms with van der Waals surface area (Å²) in [6.07, 6.45) is 0. The van der Waals surface area contributed by atoms with Crippen LogP contribution in [0.15, 0.2) is 27.4 Å². The zero-order valence-electron chi connectivity index (χ0n) is 9.85. The minimum absolute atomic E-state index is 0.0179. The lowest BCUT2D eigenvalue weighted by molar-refractivity contribution is -0.116. The van der Waals surface area contributed by atoms with Gasteiger partial charge in [0.1, 0.15) is 0 Å². The number of para-hydroxylation sites is 1. The van der Waals surface area contributed by atoms with Gasteiger partial charge in [-0.25, -0.2) is 4.79 Å². The molecular formula is C12H12N2O3. The molecule has 1 heterocycles. The molecule has 1 aromatic carbocycles. The lowest BCUT2D eigenvalue weighted by atomic mass is 10.1. The SMILES string of the molecule is CC(=O)N(C)c1nc2c(C)cccc2c(=O)o1. The Labute approximate surface area is 97.7 Å². The molecule has 0 aliphatic heterocycles. The normalized spacial score (nSPS) is 10.5. The van der Waals surface area contributed by atoms with E-state index in [4.69, 9.17) is 4.42 Å². The summed E-state index contributed by atoms with van der Waals surface area (Å²) in [5, 5.41) is 0.422. The number of aryl methyl sites for hydroxylation is 1. The summed E-state index contributed by atoms with van der Waals surface area (Å²) in [6.45, 7) is 3.23. The van der Waals surface area contributed by atoms with E-state index in [1.807, 2.05) is 13.0 Å². The number of fused-ring (bicyclic) bond motifs is 1. The fourth-order valence-corrected chi connectivity index (χ4v) is 1.51. The van der Waals surface area contributed by atoms with E-state index in [1.165, 1.54) is 18.9 Å². The topological polar surface area (TPSA) is 63.4 Å². The Bertz CT molecular complexity index is 646. The standard InChI is InChI=1S/C12H12N2O3/c1-7-5-4-6-9-10(7)13-12(17-11(9)16)14(3)8(2)15/h4-6H,1-3H3. The van der Waals surface area contributed by atoms with Crippen molar-refractivity contribution in [2.24, 2.45) is 0 Å². The second-order valence-electron chi connectivity index (χ2n) is 3.83. The third-order valence-corrected chi connectivity index (χ3v) is 2.61. The Morgan fingerprint density at radius 1 is 1.41 bits per heavy atom. The molecule has 5 heteroatoms. The zero-order chi connectivity index (χ0) is 12.6. The number of rotatable bonds is 1. The third kappa shape index (κ3) is 1.91. The largest absolute Gasteiger partial charge is 0.388 e. The first-order valence-corrected chi connectivity index (χ1v) is 5.15. The summed E-state index contributed by atoms with van der Waals surface area (Å²) in [5.74, 6) is -0.242. The number of amides is 1. The maximum Gasteiger partial charge on any atom is 0.348 e. The number of nitrogens with zero attached hydrogens (tertiary/aromatic N) is 2. The summed E-state index contributed by atoms with van der Waals surface area (Å²) in [7, 11) is 1.51. The molecule has 0 N–H and O–H groups in total. The van der Waals surface area contributed by atoms with Gasteiger partial charge in [-0.2, -0.15) is 4.98 Å². The first-order chi connectivity index (χ1) is 8.00. The lowest BCUT2D eigenvalue weighted by Gasteiger charge is -2.11. The first-order valence-electron chi connectivity index (χ1n) is 5.15. The van der Waals surface area contributed by atoms with Gasteiger partial charge >= 0.3 is 11.6 Å². The van der Waals surface area contributed by atoms with Crippen molar-refractivity contribution in [1.82, 2.24) is 4.98 Å². The highest BCUT2D eigenvalue weighted by atomic mass is 16.4. The van der Waals surface area contributed by atoms with E-state index in [2.05, 4.69) is 4.98 Å². The molecule has 0 spiro atoms. The van der Waals surface area contributed by atoms with Gasteiger partial charge in [-0.15, -0.1) is 0 Å². The highest BCUT2D eigenvalue weighted by molar-refractivity contribution is 5.89. The molecule has 1 amide bonds. The molecule has 0 aliphatic rings. The summed E-state index contributed by atoms with van der Waals surface area (Å²) in [4.78, 5) is 28.3. The molecule has 88 valence electrons. The third-order valence-electron chi connectivity index (χ3n) is 2.61. The number of aromatic nitrogens is 1. The van der Waals surface area contributed by atoms with E-state index in [-0.39, 0.29) is 11.9 Å². The molecule has 0 radical (unpaired) electrons. The van der Waals surface area contributed by atoms with Crippen LogP contribution >= 0.6 is 0 Å². The van der Waals surface area contributed by atoms with Crippen LogP contribution < -0.4 is 10.5 Å². The van der Waals surface area contributed by atoms with Gasteiger partial charge in [-0.05, 0) is 18.6 Å². The van der Waals surface area contributed by atoms with Crippen LogP contribution in [0.1, 0.15) is 12.5 Å². The van der Waals surface area contributed by atoms with Crippen LogP contribution in [0.25, 0.3) is 10.9 Å². The number of carbonyl (C=O) groups excluding carboxylic acids is 1. The second kappa shape index (κ2) is 4.01. The van der Waals surface area contributed by atoms with Crippen LogP contribution in [-0.4, -0.2) is 17.9 Å². The van der Waals surface area contributed by atoms with Gasteiger partial charge in [0.2, 0.25) is 5.91 Å². The fourth-order valence-electron chi connectivity index (χ4n) is 1.51. The Kier molecular flexibility index (Phi) is 2.67. The molecule has 2 aromatic rings. The van der Waals surface area contributed by atoms with Gasteiger partial charge in [0.15, 0.2) is 0 Å². The van der Waals surface area contributed by atoms with Crippen molar-refractivity contribution in [3.8, 4) is 0 Å². The van der Waals surface area contributed by atoms with Gasteiger partial charge in [0.25, 0.3) is 0 Å². The van der Waals surface area contributed by atoms with Crippen LogP contribution in [0.3, 0.4) is 0 Å². The van der Waals surface area contributed by atoms with E-state index in [9.17, 15) is 9.59 Å². The Hall–Kier alpha value is -2.17. The number of anilines is 1. The molecule has 0 saturated heterocycles. The summed E-state index contributed by atoms with van der Waals surface area (Å²) in [6, 6.07) is 5.29. The van der Waals surface area contributed by atoms with Gasteiger partial charge < -0.3 is 4.42 Å². The van der Waals surface area contributed by atoms with E-state index in [1.54, 1.807) is 12.1 Å². The summed E-state index contributed by atoms with van der Waals surface area (Å²) in [5.41, 5.74) is 0.947. The summed E-state index contributed by atoms with van der Waals surface area (Å²) >= 11 is 0. The average molecular weight is 232 g/mol. The van der Waals surface area contributed by atoms with E-state index in [0.29, 0.717) is 10.9 Å². The Morgan fingerprint density at radius 2 is 2.12 bits per heavy atom. The molecule has 0 aliphatic carbocycles. The minimum Gasteiger partial charge on any atom is -0.388 e. The van der Waals surface area contributed by atoms with Crippen molar-refractivity contribution in [1.29, 1.82) is 0 Å². The maximum atomic E-state index is 11.7. The second-order valence-corrected chi connectivity index (χ2v) is 3.83. The molecule has 0 bridgehead atoms. The highest BCUT2D eigenvalue weighted by Gasteiger charge is 2.13. The zero-order valence-corrected chi connectivity index (χ0v) is 9.85. The molecule has 0 saturated carbocycles. The van der Waals surface area contributed by atoms with Crippen molar-refractivity contribution < 1.29 is 9.21 Å². The van der Waals surface area contributed by atoms with Crippen molar-refractivity contribution in [3.63, 3.8) is 0 Å². The lowest BCUT2D eigenvalue weighted by Crippen LogP contribution is -2.25. The predicted molar refractivity (Wildman–Crippen MR) is 64.1 cm³/mol. The molecule has 1 aromatic heterocycles. The smallest absolute Gasteiger partial charge is 0.348 e. The van der Waals surface area contributed by atoms with E-state index >= 15 is 0 Å². The average Bonchev–Trinajstić information content (AvgIpc) is 2.29. The van der Waals surface area contributed by atoms with Crippen LogP contribution in [0.2, 0.25) is 0 Å². The van der Waals surface area contributed by atoms with Crippen molar-refractivity contribution >= 4 is 22.8 Å². The van der Waals surface area contributed by atoms with E-state index in [0.717, 1.165) is 5.56 Å². The Balaban J connectivity index is 2.75. The molecule has 2 rings (SSSR count). The predicted octanol–water partition coefficient (Wildman–Crippen LogP) is 1.48. The van der Waals surface area contributed by atoms with Crippen LogP contribution in [0.5, 0.6) is 0 Å². The summed E-state index contributed by atoms with van der Waals surface area (Å²) < 4.78 is 5.01. The molecule has 5 nitrogen and oxygen atoms in total. The van der Waals surface area contributed by atoms with Gasteiger partial charge in [0, 0.05) is 14.0 Å². The van der Waals surface area contributed by atoms with Gasteiger partial charge in [-0.3, -0.25) is 9.69 Å². The molecule has 0 fully saturated rings. The first kappa shape index (κ1) is 11.3. The van der Waals surface area contributed by atoms with Crippen LogP contribution in [0.4, 0.5) is 6.01 Å². The molecule has 0 unspecified atom stereocenters. The number of carbonyl (C=O) groups is 1. The molecule has 0 atom stereocenters. The molecule has 17 heavy (non-hydrogen) atoms. The number of hydrogen-bond donors (Lipinski definition) is 0. The van der Waals surface area contributed by atoms with Crippen LogP contribution in [-0.2, 0) is 4.79 Å². The Morgan fingerprint density at radius 3 is 2.76 bits per heavy atom. The maximum absolute atomic E-state index is 11.7. The van der Waals surface area contributed by atoms with Gasteiger partial charge in [-0.1, -0.05) is 12.1 Å². The number of hydrogen-bond acceptors (Lipinski definition) is 4. The monoisotopic (exact) mass is 232 g/mol. The van der Waals surface area contributed by atoms with Crippen molar-refractivity contribution in [2.75, 3.05) is 11.9 Å². The molecular weight excluding hydrogens is 220 g/mol. The van der Waals surface area contributed by atoms with E-state index < -0.39 is 5.63 Å². The van der Waals surface area contributed by atoms with Crippen LogP contribution in [0, 0.1) is 6.92 Å². The quantitative estimate of drug-likeness (QED) is 0.747. The van der Waals surface area contributed by atoms with Gasteiger partial charge in [0.05, 0.1) is 10.9 Å². The fraction of sp³-hybridized carbons (Fsp3) is 0.250.